The van der Waals surface area contributed by atoms with Gasteiger partial charge in [0.15, 0.2) is 0 Å². The number of carboxylic acids is 1. The van der Waals surface area contributed by atoms with E-state index in [1.54, 1.807) is 54.3 Å². The zero-order chi connectivity index (χ0) is 26.1. The van der Waals surface area contributed by atoms with Crippen LogP contribution in [0.5, 0.6) is 0 Å². The van der Waals surface area contributed by atoms with E-state index in [0.29, 0.717) is 16.6 Å². The minimum atomic E-state index is -0.995. The Kier molecular flexibility index (Phi) is 6.60. The predicted octanol–water partition coefficient (Wildman–Crippen LogP) is 4.29. The molecule has 0 unspecified atom stereocenters. The molecule has 0 saturated carbocycles. The van der Waals surface area contributed by atoms with Gasteiger partial charge in [-0.05, 0) is 56.5 Å². The summed E-state index contributed by atoms with van der Waals surface area (Å²) in [7, 11) is 1.80. The molecule has 0 radical (unpaired) electrons. The topological polar surface area (TPSA) is 113 Å². The van der Waals surface area contributed by atoms with E-state index in [4.69, 9.17) is 4.98 Å². The first-order valence-corrected chi connectivity index (χ1v) is 12.5. The van der Waals surface area contributed by atoms with Gasteiger partial charge in [0.1, 0.15) is 5.82 Å². The van der Waals surface area contributed by atoms with Crippen LogP contribution in [0.3, 0.4) is 0 Å². The van der Waals surface area contributed by atoms with Crippen molar-refractivity contribution in [1.29, 1.82) is 0 Å². The number of benzene rings is 2. The summed E-state index contributed by atoms with van der Waals surface area (Å²) in [6, 6.07) is 12.3. The number of hydrogen-bond donors (Lipinski definition) is 2. The molecular formula is C28H30N6O3. The summed E-state index contributed by atoms with van der Waals surface area (Å²) in [5.74, 6) is 0.633. The van der Waals surface area contributed by atoms with Crippen LogP contribution in [-0.4, -0.2) is 43.7 Å². The maximum Gasteiger partial charge on any atom is 0.337 e. The third-order valence-corrected chi connectivity index (χ3v) is 7.08. The number of aryl methyl sites for hydroxylation is 1. The SMILES string of the molecule is Cc1cc([C@@H](C)Nc2ccccc2C(=O)O)c2nc(C3CCN(c4ncccn4)CC3)n(C)c(=O)c2c1. The molecule has 1 fully saturated rings. The Morgan fingerprint density at radius 1 is 1.11 bits per heavy atom. The zero-order valence-electron chi connectivity index (χ0n) is 21.2. The van der Waals surface area contributed by atoms with Crippen LogP contribution in [0.1, 0.15) is 59.0 Å². The Labute approximate surface area is 214 Å². The molecule has 0 bridgehead atoms. The molecule has 4 aromatic rings. The van der Waals surface area contributed by atoms with E-state index in [-0.39, 0.29) is 23.1 Å². The highest BCUT2D eigenvalue weighted by Gasteiger charge is 2.27. The summed E-state index contributed by atoms with van der Waals surface area (Å²) in [5, 5.41) is 13.5. The van der Waals surface area contributed by atoms with Crippen LogP contribution < -0.4 is 15.8 Å². The molecule has 2 N–H and O–H groups in total. The fourth-order valence-electron chi connectivity index (χ4n) is 5.16. The number of carboxylic acid groups (broad SMARTS) is 1. The predicted molar refractivity (Wildman–Crippen MR) is 143 cm³/mol. The van der Waals surface area contributed by atoms with Crippen molar-refractivity contribution in [2.24, 2.45) is 7.05 Å². The number of para-hydroxylation sites is 1. The van der Waals surface area contributed by atoms with Gasteiger partial charge in [-0.2, -0.15) is 0 Å². The number of nitrogens with zero attached hydrogens (tertiary/aromatic N) is 5. The number of piperidine rings is 1. The molecule has 0 amide bonds. The van der Waals surface area contributed by atoms with Crippen molar-refractivity contribution in [1.82, 2.24) is 19.5 Å². The van der Waals surface area contributed by atoms with Gasteiger partial charge < -0.3 is 15.3 Å². The van der Waals surface area contributed by atoms with Crippen LogP contribution in [0, 0.1) is 6.92 Å². The molecule has 0 spiro atoms. The van der Waals surface area contributed by atoms with Crippen molar-refractivity contribution in [2.45, 2.75) is 38.6 Å². The largest absolute Gasteiger partial charge is 0.478 e. The van der Waals surface area contributed by atoms with Gasteiger partial charge in [0.25, 0.3) is 5.56 Å². The minimum absolute atomic E-state index is 0.0723. The minimum Gasteiger partial charge on any atom is -0.478 e. The lowest BCUT2D eigenvalue weighted by Gasteiger charge is -2.32. The summed E-state index contributed by atoms with van der Waals surface area (Å²) >= 11 is 0. The van der Waals surface area contributed by atoms with Gasteiger partial charge in [0.2, 0.25) is 5.95 Å². The first-order chi connectivity index (χ1) is 17.8. The molecule has 9 nitrogen and oxygen atoms in total. The first kappa shape index (κ1) is 24.4. The van der Waals surface area contributed by atoms with Crippen molar-refractivity contribution in [3.8, 4) is 0 Å². The Hall–Kier alpha value is -4.27. The third kappa shape index (κ3) is 4.76. The zero-order valence-corrected chi connectivity index (χ0v) is 21.2. The first-order valence-electron chi connectivity index (χ1n) is 12.5. The molecule has 1 aliphatic heterocycles. The maximum atomic E-state index is 13.5. The normalized spacial score (nSPS) is 15.1. The Balaban J connectivity index is 1.50. The van der Waals surface area contributed by atoms with Gasteiger partial charge in [-0.25, -0.2) is 19.7 Å². The smallest absolute Gasteiger partial charge is 0.337 e. The highest BCUT2D eigenvalue weighted by atomic mass is 16.4. The maximum absolute atomic E-state index is 13.5. The monoisotopic (exact) mass is 498 g/mol. The summed E-state index contributed by atoms with van der Waals surface area (Å²) in [6.07, 6.45) is 5.17. The van der Waals surface area contributed by atoms with Crippen molar-refractivity contribution >= 4 is 28.5 Å². The third-order valence-electron chi connectivity index (χ3n) is 7.08. The molecule has 2 aromatic carbocycles. The molecule has 1 aliphatic rings. The number of rotatable bonds is 6. The standard InChI is InChI=1S/C28H30N6O3/c1-17-15-21(18(2)31-23-8-5-4-7-20(23)27(36)37)24-22(16-17)26(35)33(3)25(32-24)19-9-13-34(14-10-19)28-29-11-6-12-30-28/h4-8,11-12,15-16,18-19,31H,9-10,13-14H2,1-3H3,(H,36,37)/t18-/m1/s1. The second-order valence-corrected chi connectivity index (χ2v) is 9.61. The number of aromatic carboxylic acids is 1. The molecule has 37 heavy (non-hydrogen) atoms. The van der Waals surface area contributed by atoms with E-state index in [1.165, 1.54) is 0 Å². The number of fused-ring (bicyclic) bond motifs is 1. The Bertz CT molecular complexity index is 1510. The molecule has 9 heteroatoms. The van der Waals surface area contributed by atoms with Crippen LogP contribution in [-0.2, 0) is 7.05 Å². The second-order valence-electron chi connectivity index (χ2n) is 9.61. The molecule has 5 rings (SSSR count). The van der Waals surface area contributed by atoms with Crippen LogP contribution in [0.15, 0.2) is 59.7 Å². The van der Waals surface area contributed by atoms with Gasteiger partial charge in [-0.3, -0.25) is 9.36 Å². The van der Waals surface area contributed by atoms with Crippen LogP contribution in [0.25, 0.3) is 10.9 Å². The van der Waals surface area contributed by atoms with Crippen molar-refractivity contribution < 1.29 is 9.90 Å². The van der Waals surface area contributed by atoms with Crippen LogP contribution >= 0.6 is 0 Å². The molecule has 3 heterocycles. The average molecular weight is 499 g/mol. The van der Waals surface area contributed by atoms with E-state index in [0.717, 1.165) is 48.8 Å². The van der Waals surface area contributed by atoms with Gasteiger partial charge in [-0.15, -0.1) is 0 Å². The summed E-state index contributed by atoms with van der Waals surface area (Å²) in [5.41, 5.74) is 3.12. The Morgan fingerprint density at radius 2 is 1.81 bits per heavy atom. The quantitative estimate of drug-likeness (QED) is 0.405. The number of hydrogen-bond acceptors (Lipinski definition) is 7. The molecule has 1 saturated heterocycles. The number of carbonyl (C=O) groups is 1. The van der Waals surface area contributed by atoms with Gasteiger partial charge in [-0.1, -0.05) is 18.2 Å². The molecule has 1 atom stereocenters. The molecule has 0 aliphatic carbocycles. The van der Waals surface area contributed by atoms with Gasteiger partial charge in [0.05, 0.1) is 22.5 Å². The van der Waals surface area contributed by atoms with E-state index >= 15 is 0 Å². The summed E-state index contributed by atoms with van der Waals surface area (Å²) in [4.78, 5) is 41.2. The fraction of sp³-hybridized carbons (Fsp3) is 0.321. The summed E-state index contributed by atoms with van der Waals surface area (Å²) < 4.78 is 1.68. The van der Waals surface area contributed by atoms with Crippen molar-refractivity contribution in [2.75, 3.05) is 23.3 Å². The Morgan fingerprint density at radius 3 is 2.51 bits per heavy atom. The highest BCUT2D eigenvalue weighted by molar-refractivity contribution is 5.94. The van der Waals surface area contributed by atoms with E-state index in [1.807, 2.05) is 26.0 Å². The van der Waals surface area contributed by atoms with Gasteiger partial charge >= 0.3 is 5.97 Å². The lowest BCUT2D eigenvalue weighted by Crippen LogP contribution is -2.36. The van der Waals surface area contributed by atoms with Crippen LogP contribution in [0.2, 0.25) is 0 Å². The van der Waals surface area contributed by atoms with E-state index in [2.05, 4.69) is 20.2 Å². The van der Waals surface area contributed by atoms with Gasteiger partial charge in [0, 0.05) is 49.7 Å². The average Bonchev–Trinajstić information content (AvgIpc) is 2.91. The highest BCUT2D eigenvalue weighted by Crippen LogP contribution is 2.31. The van der Waals surface area contributed by atoms with Crippen molar-refractivity contribution in [3.05, 3.63) is 87.7 Å². The molecule has 2 aromatic heterocycles. The lowest BCUT2D eigenvalue weighted by molar-refractivity contribution is 0.0698. The van der Waals surface area contributed by atoms with Crippen molar-refractivity contribution in [3.63, 3.8) is 0 Å². The fourth-order valence-corrected chi connectivity index (χ4v) is 5.16. The van der Waals surface area contributed by atoms with Crippen LogP contribution in [0.4, 0.5) is 11.6 Å². The van der Waals surface area contributed by atoms with E-state index < -0.39 is 5.97 Å². The molecule has 190 valence electrons. The molecular weight excluding hydrogens is 468 g/mol. The van der Waals surface area contributed by atoms with E-state index in [9.17, 15) is 14.7 Å². The lowest BCUT2D eigenvalue weighted by atomic mass is 9.94. The number of nitrogens with one attached hydrogen (secondary N) is 1. The number of aromatic nitrogens is 4. The second kappa shape index (κ2) is 10.0. The number of anilines is 2. The summed E-state index contributed by atoms with van der Waals surface area (Å²) in [6.45, 7) is 5.49.